The van der Waals surface area contributed by atoms with Crippen molar-refractivity contribution in [3.63, 3.8) is 0 Å². The zero-order chi connectivity index (χ0) is 18.2. The maximum atomic E-state index is 12.1. The van der Waals surface area contributed by atoms with Crippen molar-refractivity contribution < 1.29 is 9.53 Å². The second-order valence-corrected chi connectivity index (χ2v) is 6.99. The van der Waals surface area contributed by atoms with E-state index in [1.807, 2.05) is 30.3 Å². The van der Waals surface area contributed by atoms with Gasteiger partial charge in [0.25, 0.3) is 5.91 Å². The van der Waals surface area contributed by atoms with Gasteiger partial charge in [-0.3, -0.25) is 9.59 Å². The average molecular weight is 354 g/mol. The summed E-state index contributed by atoms with van der Waals surface area (Å²) in [5, 5.41) is 2.98. The largest absolute Gasteiger partial charge is 0.494 e. The Kier molecular flexibility index (Phi) is 6.47. The van der Waals surface area contributed by atoms with Crippen molar-refractivity contribution in [1.82, 2.24) is 10.3 Å². The third-order valence-corrected chi connectivity index (χ3v) is 5.10. The van der Waals surface area contributed by atoms with Crippen molar-refractivity contribution in [3.05, 3.63) is 64.6 Å². The van der Waals surface area contributed by atoms with Crippen LogP contribution in [0.5, 0.6) is 5.75 Å². The molecule has 138 valence electrons. The van der Waals surface area contributed by atoms with E-state index in [1.54, 1.807) is 6.07 Å². The molecule has 5 nitrogen and oxygen atoms in total. The molecule has 1 heterocycles. The van der Waals surface area contributed by atoms with Gasteiger partial charge in [-0.2, -0.15) is 0 Å². The van der Waals surface area contributed by atoms with Crippen molar-refractivity contribution in [2.45, 2.75) is 32.1 Å². The summed E-state index contributed by atoms with van der Waals surface area (Å²) < 4.78 is 5.79. The second-order valence-electron chi connectivity index (χ2n) is 6.99. The lowest BCUT2D eigenvalue weighted by molar-refractivity contribution is 0.0940. The molecule has 0 atom stereocenters. The van der Waals surface area contributed by atoms with E-state index in [9.17, 15) is 9.59 Å². The number of pyridine rings is 1. The molecule has 26 heavy (non-hydrogen) atoms. The van der Waals surface area contributed by atoms with Gasteiger partial charge >= 0.3 is 0 Å². The van der Waals surface area contributed by atoms with Gasteiger partial charge in [-0.05, 0) is 62.1 Å². The van der Waals surface area contributed by atoms with Gasteiger partial charge in [-0.1, -0.05) is 18.2 Å². The first kappa shape index (κ1) is 18.2. The fourth-order valence-electron chi connectivity index (χ4n) is 3.48. The van der Waals surface area contributed by atoms with E-state index in [0.717, 1.165) is 31.6 Å². The second kappa shape index (κ2) is 9.22. The van der Waals surface area contributed by atoms with Gasteiger partial charge in [0.1, 0.15) is 5.75 Å². The van der Waals surface area contributed by atoms with Crippen molar-refractivity contribution >= 4 is 5.91 Å². The Morgan fingerprint density at radius 3 is 2.46 bits per heavy atom. The number of aromatic nitrogens is 1. The number of hydrogen-bond acceptors (Lipinski definition) is 3. The van der Waals surface area contributed by atoms with Gasteiger partial charge in [0.2, 0.25) is 5.56 Å². The van der Waals surface area contributed by atoms with Gasteiger partial charge in [-0.25, -0.2) is 0 Å². The first-order valence-corrected chi connectivity index (χ1v) is 9.35. The molecule has 0 aliphatic heterocycles. The van der Waals surface area contributed by atoms with E-state index in [-0.39, 0.29) is 11.5 Å². The fraction of sp³-hybridized carbons (Fsp3) is 0.429. The Bertz CT molecular complexity index is 729. The standard InChI is InChI=1S/C21H26N2O3/c24-20-11-10-18(15-22-20)21(25)23-14-17-8-6-16(7-9-17)12-13-26-19-4-2-1-3-5-19/h1-5,10-11,15-17H,6-9,12-14H2,(H,22,24)(H,23,25). The van der Waals surface area contributed by atoms with Gasteiger partial charge in [-0.15, -0.1) is 0 Å². The van der Waals surface area contributed by atoms with Gasteiger partial charge in [0, 0.05) is 18.8 Å². The molecule has 0 unspecified atom stereocenters. The predicted octanol–water partition coefficient (Wildman–Crippen LogP) is 3.38. The minimum absolute atomic E-state index is 0.125. The number of rotatable bonds is 7. The number of benzene rings is 1. The van der Waals surface area contributed by atoms with Gasteiger partial charge in [0.05, 0.1) is 12.2 Å². The smallest absolute Gasteiger partial charge is 0.252 e. The average Bonchev–Trinajstić information content (AvgIpc) is 2.68. The molecule has 1 aliphatic carbocycles. The zero-order valence-corrected chi connectivity index (χ0v) is 14.9. The molecule has 5 heteroatoms. The zero-order valence-electron chi connectivity index (χ0n) is 14.9. The summed E-state index contributed by atoms with van der Waals surface area (Å²) in [5.74, 6) is 2.06. The van der Waals surface area contributed by atoms with Crippen LogP contribution >= 0.6 is 0 Å². The van der Waals surface area contributed by atoms with Crippen molar-refractivity contribution in [3.8, 4) is 5.75 Å². The third-order valence-electron chi connectivity index (χ3n) is 5.10. The Balaban J connectivity index is 1.33. The number of ether oxygens (including phenoxy) is 1. The molecule has 1 aromatic carbocycles. The molecule has 1 aromatic heterocycles. The summed E-state index contributed by atoms with van der Waals surface area (Å²) in [6.45, 7) is 1.47. The maximum Gasteiger partial charge on any atom is 0.252 e. The predicted molar refractivity (Wildman–Crippen MR) is 101 cm³/mol. The monoisotopic (exact) mass is 354 g/mol. The van der Waals surface area contributed by atoms with Crippen molar-refractivity contribution in [1.29, 1.82) is 0 Å². The van der Waals surface area contributed by atoms with Crippen molar-refractivity contribution in [2.24, 2.45) is 11.8 Å². The number of para-hydroxylation sites is 1. The normalized spacial score (nSPS) is 19.7. The van der Waals surface area contributed by atoms with Crippen LogP contribution in [-0.4, -0.2) is 24.0 Å². The molecule has 3 rings (SSSR count). The molecule has 0 saturated heterocycles. The molecule has 1 aliphatic rings. The van der Waals surface area contributed by atoms with Gasteiger partial charge < -0.3 is 15.0 Å². The molecular weight excluding hydrogens is 328 g/mol. The number of hydrogen-bond donors (Lipinski definition) is 2. The summed E-state index contributed by atoms with van der Waals surface area (Å²) in [6.07, 6.45) is 7.21. The molecule has 1 saturated carbocycles. The summed E-state index contributed by atoms with van der Waals surface area (Å²) in [6, 6.07) is 12.9. The lowest BCUT2D eigenvalue weighted by Crippen LogP contribution is -2.31. The highest BCUT2D eigenvalue weighted by Gasteiger charge is 2.21. The molecule has 0 bridgehead atoms. The third kappa shape index (κ3) is 5.48. The van der Waals surface area contributed by atoms with Crippen LogP contribution in [0.4, 0.5) is 0 Å². The summed E-state index contributed by atoms with van der Waals surface area (Å²) >= 11 is 0. The molecular formula is C21H26N2O3. The van der Waals surface area contributed by atoms with Gasteiger partial charge in [0.15, 0.2) is 0 Å². The van der Waals surface area contributed by atoms with Crippen LogP contribution in [0.1, 0.15) is 42.5 Å². The van der Waals surface area contributed by atoms with E-state index in [1.165, 1.54) is 25.1 Å². The molecule has 0 spiro atoms. The fourth-order valence-corrected chi connectivity index (χ4v) is 3.48. The van der Waals surface area contributed by atoms with Crippen LogP contribution in [-0.2, 0) is 0 Å². The number of carbonyl (C=O) groups excluding carboxylic acids is 1. The summed E-state index contributed by atoms with van der Waals surface area (Å²) in [5.41, 5.74) is 0.299. The topological polar surface area (TPSA) is 71.2 Å². The van der Waals surface area contributed by atoms with E-state index >= 15 is 0 Å². The number of amides is 1. The molecule has 1 amide bonds. The van der Waals surface area contributed by atoms with E-state index in [4.69, 9.17) is 4.74 Å². The van der Waals surface area contributed by atoms with Crippen LogP contribution < -0.4 is 15.6 Å². The molecule has 2 aromatic rings. The first-order valence-electron chi connectivity index (χ1n) is 9.35. The minimum Gasteiger partial charge on any atom is -0.494 e. The maximum absolute atomic E-state index is 12.1. The first-order chi connectivity index (χ1) is 12.7. The van der Waals surface area contributed by atoms with Crippen LogP contribution in [0.15, 0.2) is 53.5 Å². The van der Waals surface area contributed by atoms with Crippen molar-refractivity contribution in [2.75, 3.05) is 13.2 Å². The van der Waals surface area contributed by atoms with E-state index in [2.05, 4.69) is 10.3 Å². The van der Waals surface area contributed by atoms with E-state index in [0.29, 0.717) is 23.9 Å². The quantitative estimate of drug-likeness (QED) is 0.801. The molecule has 0 radical (unpaired) electrons. The number of H-pyrrole nitrogens is 1. The summed E-state index contributed by atoms with van der Waals surface area (Å²) in [7, 11) is 0. The summed E-state index contributed by atoms with van der Waals surface area (Å²) in [4.78, 5) is 25.7. The number of nitrogens with one attached hydrogen (secondary N) is 2. The minimum atomic E-state index is -0.198. The molecule has 2 N–H and O–H groups in total. The van der Waals surface area contributed by atoms with Crippen LogP contribution in [0, 0.1) is 11.8 Å². The van der Waals surface area contributed by atoms with E-state index < -0.39 is 0 Å². The number of carbonyl (C=O) groups is 1. The molecule has 1 fully saturated rings. The van der Waals surface area contributed by atoms with Crippen LogP contribution in [0.3, 0.4) is 0 Å². The Morgan fingerprint density at radius 2 is 1.77 bits per heavy atom. The lowest BCUT2D eigenvalue weighted by Gasteiger charge is -2.28. The lowest BCUT2D eigenvalue weighted by atomic mass is 9.80. The van der Waals surface area contributed by atoms with Crippen LogP contribution in [0.2, 0.25) is 0 Å². The highest BCUT2D eigenvalue weighted by Crippen LogP contribution is 2.30. The highest BCUT2D eigenvalue weighted by atomic mass is 16.5. The Labute approximate surface area is 153 Å². The highest BCUT2D eigenvalue weighted by molar-refractivity contribution is 5.93. The van der Waals surface area contributed by atoms with Crippen LogP contribution in [0.25, 0.3) is 0 Å². The number of aromatic amines is 1. The Hall–Kier alpha value is -2.56. The Morgan fingerprint density at radius 1 is 1.04 bits per heavy atom. The SMILES string of the molecule is O=C(NCC1CCC(CCOc2ccccc2)CC1)c1ccc(=O)[nH]c1.